The molecule has 1 aromatic carbocycles. The molecule has 2 unspecified atom stereocenters. The van der Waals surface area contributed by atoms with Gasteiger partial charge in [0.05, 0.1) is 4.92 Å². The largest absolute Gasteiger partial charge is 0.398 e. The zero-order valence-electron chi connectivity index (χ0n) is 11.6. The van der Waals surface area contributed by atoms with Gasteiger partial charge in [-0.25, -0.2) is 0 Å². The van der Waals surface area contributed by atoms with Crippen LogP contribution < -0.4 is 10.6 Å². The Balaban J connectivity index is 1.92. The third kappa shape index (κ3) is 2.44. The van der Waals surface area contributed by atoms with Crippen LogP contribution in [0.5, 0.6) is 0 Å². The van der Waals surface area contributed by atoms with Crippen LogP contribution in [0.1, 0.15) is 38.5 Å². The van der Waals surface area contributed by atoms with Crippen LogP contribution in [0.4, 0.5) is 17.1 Å². The van der Waals surface area contributed by atoms with Crippen LogP contribution in [-0.2, 0) is 0 Å². The fourth-order valence-electron chi connectivity index (χ4n) is 3.83. The average Bonchev–Trinajstić information content (AvgIpc) is 2.46. The Bertz CT molecular complexity index is 516. The number of anilines is 2. The molecule has 3 rings (SSSR count). The van der Waals surface area contributed by atoms with Gasteiger partial charge in [-0.1, -0.05) is 12.8 Å². The van der Waals surface area contributed by atoms with E-state index >= 15 is 0 Å². The minimum Gasteiger partial charge on any atom is -0.398 e. The molecule has 20 heavy (non-hydrogen) atoms. The summed E-state index contributed by atoms with van der Waals surface area (Å²) in [7, 11) is 0. The lowest BCUT2D eigenvalue weighted by atomic mass is 9.78. The van der Waals surface area contributed by atoms with E-state index in [2.05, 4.69) is 4.90 Å². The Morgan fingerprint density at radius 2 is 1.90 bits per heavy atom. The molecule has 2 atom stereocenters. The van der Waals surface area contributed by atoms with Crippen LogP contribution in [0.3, 0.4) is 0 Å². The number of nitro benzene ring substituents is 1. The molecule has 2 fully saturated rings. The first kappa shape index (κ1) is 13.2. The maximum atomic E-state index is 11.0. The molecule has 0 amide bonds. The standard InChI is InChI=1S/C15H21N3O2/c16-12-8-13(10-14(9-12)18(19)20)17-7-3-5-11-4-1-2-6-15(11)17/h8-11,15H,1-7,16H2. The molecule has 0 aromatic heterocycles. The molecule has 1 saturated carbocycles. The van der Waals surface area contributed by atoms with Gasteiger partial charge in [0.2, 0.25) is 0 Å². The topological polar surface area (TPSA) is 72.4 Å². The highest BCUT2D eigenvalue weighted by molar-refractivity contribution is 5.63. The van der Waals surface area contributed by atoms with Gasteiger partial charge in [0.25, 0.3) is 5.69 Å². The van der Waals surface area contributed by atoms with E-state index in [-0.39, 0.29) is 10.6 Å². The fraction of sp³-hybridized carbons (Fsp3) is 0.600. The van der Waals surface area contributed by atoms with Crippen molar-refractivity contribution in [2.24, 2.45) is 5.92 Å². The molecule has 0 bridgehead atoms. The Morgan fingerprint density at radius 1 is 1.15 bits per heavy atom. The van der Waals surface area contributed by atoms with Gasteiger partial charge in [-0.05, 0) is 37.7 Å². The Morgan fingerprint density at radius 3 is 2.70 bits per heavy atom. The first-order valence-electron chi connectivity index (χ1n) is 7.47. The predicted octanol–water partition coefficient (Wildman–Crippen LogP) is 3.34. The summed E-state index contributed by atoms with van der Waals surface area (Å²) in [6.45, 7) is 0.988. The zero-order chi connectivity index (χ0) is 14.1. The summed E-state index contributed by atoms with van der Waals surface area (Å²) in [6, 6.07) is 5.53. The highest BCUT2D eigenvalue weighted by atomic mass is 16.6. The number of hydrogen-bond acceptors (Lipinski definition) is 4. The molecule has 5 heteroatoms. The molecular formula is C15H21N3O2. The number of non-ortho nitro benzene ring substituents is 1. The smallest absolute Gasteiger partial charge is 0.273 e. The van der Waals surface area contributed by atoms with E-state index in [4.69, 9.17) is 5.73 Å². The predicted molar refractivity (Wildman–Crippen MR) is 79.8 cm³/mol. The summed E-state index contributed by atoms with van der Waals surface area (Å²) in [5.41, 5.74) is 7.34. The van der Waals surface area contributed by atoms with Crippen LogP contribution in [0.2, 0.25) is 0 Å². The van der Waals surface area contributed by atoms with Gasteiger partial charge in [-0.2, -0.15) is 0 Å². The molecule has 2 aliphatic rings. The summed E-state index contributed by atoms with van der Waals surface area (Å²) in [4.78, 5) is 13.0. The monoisotopic (exact) mass is 275 g/mol. The summed E-state index contributed by atoms with van der Waals surface area (Å²) in [5, 5.41) is 11.0. The molecular weight excluding hydrogens is 254 g/mol. The van der Waals surface area contributed by atoms with Gasteiger partial charge in [-0.3, -0.25) is 10.1 Å². The maximum Gasteiger partial charge on any atom is 0.273 e. The quantitative estimate of drug-likeness (QED) is 0.510. The van der Waals surface area contributed by atoms with Gasteiger partial charge in [0, 0.05) is 36.1 Å². The molecule has 2 N–H and O–H groups in total. The van der Waals surface area contributed by atoms with Crippen molar-refractivity contribution in [2.45, 2.75) is 44.6 Å². The number of hydrogen-bond donors (Lipinski definition) is 1. The minimum atomic E-state index is -0.359. The first-order valence-corrected chi connectivity index (χ1v) is 7.47. The van der Waals surface area contributed by atoms with E-state index < -0.39 is 0 Å². The molecule has 5 nitrogen and oxygen atoms in total. The van der Waals surface area contributed by atoms with E-state index in [1.165, 1.54) is 44.6 Å². The van der Waals surface area contributed by atoms with Gasteiger partial charge in [0.1, 0.15) is 0 Å². The van der Waals surface area contributed by atoms with Crippen molar-refractivity contribution in [3.8, 4) is 0 Å². The summed E-state index contributed by atoms with van der Waals surface area (Å²) in [6.07, 6.45) is 7.56. The van der Waals surface area contributed by atoms with Crippen LogP contribution in [0.25, 0.3) is 0 Å². The van der Waals surface area contributed by atoms with Crippen molar-refractivity contribution >= 4 is 17.1 Å². The van der Waals surface area contributed by atoms with E-state index in [0.29, 0.717) is 11.7 Å². The van der Waals surface area contributed by atoms with Crippen molar-refractivity contribution in [3.63, 3.8) is 0 Å². The Hall–Kier alpha value is -1.78. The lowest BCUT2D eigenvalue weighted by Gasteiger charge is -2.45. The number of nitrogen functional groups attached to an aromatic ring is 1. The van der Waals surface area contributed by atoms with Gasteiger partial charge in [-0.15, -0.1) is 0 Å². The number of nitrogens with zero attached hydrogens (tertiary/aromatic N) is 2. The molecule has 0 radical (unpaired) electrons. The van der Waals surface area contributed by atoms with E-state index in [1.54, 1.807) is 6.07 Å². The van der Waals surface area contributed by atoms with Crippen molar-refractivity contribution in [1.29, 1.82) is 0 Å². The zero-order valence-corrected chi connectivity index (χ0v) is 11.6. The highest BCUT2D eigenvalue weighted by Crippen LogP contribution is 2.39. The fourth-order valence-corrected chi connectivity index (χ4v) is 3.83. The molecule has 1 heterocycles. The Kier molecular flexibility index (Phi) is 3.51. The minimum absolute atomic E-state index is 0.0953. The van der Waals surface area contributed by atoms with Crippen LogP contribution in [0, 0.1) is 16.0 Å². The van der Waals surface area contributed by atoms with Crippen molar-refractivity contribution < 1.29 is 4.92 Å². The summed E-state index contributed by atoms with van der Waals surface area (Å²) in [5.74, 6) is 0.748. The lowest BCUT2D eigenvalue weighted by Crippen LogP contribution is -2.46. The number of nitro groups is 1. The number of rotatable bonds is 2. The van der Waals surface area contributed by atoms with E-state index in [1.807, 2.05) is 6.07 Å². The van der Waals surface area contributed by atoms with Gasteiger partial charge >= 0.3 is 0 Å². The van der Waals surface area contributed by atoms with Gasteiger partial charge in [0.15, 0.2) is 0 Å². The summed E-state index contributed by atoms with van der Waals surface area (Å²) >= 11 is 0. The van der Waals surface area contributed by atoms with Gasteiger partial charge < -0.3 is 10.6 Å². The third-order valence-corrected chi connectivity index (χ3v) is 4.71. The molecule has 1 aromatic rings. The van der Waals surface area contributed by atoms with Crippen LogP contribution in [0.15, 0.2) is 18.2 Å². The van der Waals surface area contributed by atoms with Crippen molar-refractivity contribution in [1.82, 2.24) is 0 Å². The second kappa shape index (κ2) is 5.31. The normalized spacial score (nSPS) is 26.1. The summed E-state index contributed by atoms with van der Waals surface area (Å²) < 4.78 is 0. The second-order valence-electron chi connectivity index (χ2n) is 5.99. The van der Waals surface area contributed by atoms with E-state index in [9.17, 15) is 10.1 Å². The number of nitrogens with two attached hydrogens (primary N) is 1. The third-order valence-electron chi connectivity index (χ3n) is 4.71. The maximum absolute atomic E-state index is 11.0. The highest BCUT2D eigenvalue weighted by Gasteiger charge is 2.33. The first-order chi connectivity index (χ1) is 9.65. The molecule has 1 aliphatic heterocycles. The number of piperidine rings is 1. The second-order valence-corrected chi connectivity index (χ2v) is 5.99. The van der Waals surface area contributed by atoms with E-state index in [0.717, 1.165) is 18.2 Å². The molecule has 0 spiro atoms. The number of fused-ring (bicyclic) bond motifs is 1. The molecule has 1 saturated heterocycles. The lowest BCUT2D eigenvalue weighted by molar-refractivity contribution is -0.384. The van der Waals surface area contributed by atoms with Crippen LogP contribution in [-0.4, -0.2) is 17.5 Å². The van der Waals surface area contributed by atoms with Crippen molar-refractivity contribution in [3.05, 3.63) is 28.3 Å². The number of benzene rings is 1. The van der Waals surface area contributed by atoms with Crippen LogP contribution >= 0.6 is 0 Å². The molecule has 1 aliphatic carbocycles. The Labute approximate surface area is 118 Å². The average molecular weight is 275 g/mol. The molecule has 108 valence electrons. The van der Waals surface area contributed by atoms with Crippen molar-refractivity contribution in [2.75, 3.05) is 17.2 Å². The SMILES string of the molecule is Nc1cc(N2CCCC3CCCCC32)cc([N+](=O)[O-])c1.